The highest BCUT2D eigenvalue weighted by atomic mass is 16.1. The Morgan fingerprint density at radius 1 is 1.50 bits per heavy atom. The largest absolute Gasteiger partial charge is 0.356 e. The van der Waals surface area contributed by atoms with Gasteiger partial charge in [-0.2, -0.15) is 0 Å². The second kappa shape index (κ2) is 11.3. The molecule has 0 saturated heterocycles. The molecule has 0 bridgehead atoms. The number of nitrogens with one attached hydrogen (secondary N) is 1. The van der Waals surface area contributed by atoms with E-state index in [0.29, 0.717) is 0 Å². The van der Waals surface area contributed by atoms with Crippen molar-refractivity contribution in [1.82, 2.24) is 5.32 Å². The summed E-state index contributed by atoms with van der Waals surface area (Å²) in [4.78, 5) is 10.2. The number of carbonyl (C=O) groups excluding carboxylic acids is 1. The number of rotatable bonds is 3. The molecule has 0 fully saturated rings. The summed E-state index contributed by atoms with van der Waals surface area (Å²) in [7, 11) is 0. The molecule has 0 aliphatic heterocycles. The van der Waals surface area contributed by atoms with E-state index in [-0.39, 0.29) is 7.33 Å². The fraction of sp³-hybridized carbons (Fsp3) is 0.875. The lowest BCUT2D eigenvalue weighted by Crippen LogP contribution is -2.20. The molecule has 0 aromatic carbocycles. The monoisotopic (exact) mass is 147 g/mol. The molecule has 0 unspecified atom stereocenters. The highest BCUT2D eigenvalue weighted by Crippen LogP contribution is 1.80. The molecule has 2 heteroatoms. The summed E-state index contributed by atoms with van der Waals surface area (Å²) in [6.07, 6.45) is 2.22. The molecular formula is C8H21NO. The third-order valence-electron chi connectivity index (χ3n) is 0.904. The predicted octanol–water partition coefficient (Wildman–Crippen LogP) is 2.19. The van der Waals surface area contributed by atoms with Crippen molar-refractivity contribution in [3.63, 3.8) is 0 Å². The minimum absolute atomic E-state index is 0. The van der Waals surface area contributed by atoms with Crippen molar-refractivity contribution in [2.75, 3.05) is 6.54 Å². The van der Waals surface area contributed by atoms with E-state index in [1.165, 1.54) is 6.92 Å². The number of unbranched alkanes of at least 4 members (excludes halogenated alkanes) is 1. The zero-order valence-electron chi connectivity index (χ0n) is 7.53. The molecule has 0 radical (unpaired) electrons. The Kier molecular flexibility index (Phi) is 13.7. The van der Waals surface area contributed by atoms with Gasteiger partial charge in [-0.1, -0.05) is 27.2 Å². The molecule has 0 aromatic rings. The van der Waals surface area contributed by atoms with Crippen LogP contribution in [0.25, 0.3) is 0 Å². The van der Waals surface area contributed by atoms with Gasteiger partial charge in [0.1, 0.15) is 0 Å². The first-order valence-corrected chi connectivity index (χ1v) is 4.01. The third-order valence-corrected chi connectivity index (χ3v) is 0.904. The lowest BCUT2D eigenvalue weighted by Gasteiger charge is -1.96. The van der Waals surface area contributed by atoms with E-state index in [9.17, 15) is 4.79 Å². The summed E-state index contributed by atoms with van der Waals surface area (Å²) < 4.78 is 0. The molecule has 0 saturated carbocycles. The van der Waals surface area contributed by atoms with E-state index < -0.39 is 0 Å². The minimum Gasteiger partial charge on any atom is -0.356 e. The maximum absolute atomic E-state index is 10.2. The summed E-state index contributed by atoms with van der Waals surface area (Å²) in [5, 5.41) is 2.71. The average Bonchev–Trinajstić information content (AvgIpc) is 1.92. The van der Waals surface area contributed by atoms with Gasteiger partial charge < -0.3 is 5.32 Å². The quantitative estimate of drug-likeness (QED) is 0.609. The van der Waals surface area contributed by atoms with Crippen molar-refractivity contribution < 1.29 is 6.22 Å². The van der Waals surface area contributed by atoms with Gasteiger partial charge in [-0.15, -0.1) is 0 Å². The number of hydrogen-bond acceptors (Lipinski definition) is 1. The van der Waals surface area contributed by atoms with E-state index in [4.69, 9.17) is 0 Å². The minimum atomic E-state index is 0. The number of carbonyl (C=O) groups is 1. The van der Waals surface area contributed by atoms with Crippen LogP contribution in [0.5, 0.6) is 0 Å². The first-order chi connectivity index (χ1) is 4.77. The summed E-state index contributed by atoms with van der Waals surface area (Å²) in [6.45, 7) is 8.46. The first-order valence-electron chi connectivity index (χ1n) is 4.01. The van der Waals surface area contributed by atoms with Crippen LogP contribution < -0.4 is 5.32 Å². The van der Waals surface area contributed by atoms with Crippen LogP contribution in [0.1, 0.15) is 42.0 Å². The van der Waals surface area contributed by atoms with Crippen molar-refractivity contribution in [2.45, 2.75) is 40.5 Å². The fourth-order valence-corrected chi connectivity index (χ4v) is 0.441. The normalized spacial score (nSPS) is 7.60. The molecule has 10 heavy (non-hydrogen) atoms. The molecule has 2 nitrogen and oxygen atoms in total. The highest BCUT2D eigenvalue weighted by molar-refractivity contribution is 5.72. The predicted molar refractivity (Wildman–Crippen MR) is 47.1 cm³/mol. The smallest absolute Gasteiger partial charge is 0.216 e. The van der Waals surface area contributed by atoms with Crippen molar-refractivity contribution in [1.29, 1.82) is 0 Å². The van der Waals surface area contributed by atoms with Gasteiger partial charge in [0, 0.05) is 14.9 Å². The van der Waals surface area contributed by atoms with Gasteiger partial charge in [-0.05, 0) is 6.42 Å². The molecule has 0 spiro atoms. The van der Waals surface area contributed by atoms with E-state index in [1.54, 1.807) is 0 Å². The molecule has 0 aliphatic rings. The Bertz CT molecular complexity index is 76.5. The number of hydrogen-bond donors (Lipinski definition) is 1. The van der Waals surface area contributed by atoms with E-state index in [1.807, 2.05) is 13.8 Å². The first kappa shape index (κ1) is 12.2. The summed E-state index contributed by atoms with van der Waals surface area (Å²) >= 11 is 0. The van der Waals surface area contributed by atoms with Gasteiger partial charge >= 0.3 is 0 Å². The Balaban J connectivity index is -0.000000196. The topological polar surface area (TPSA) is 29.1 Å². The molecular weight excluding hydrogens is 126 g/mol. The highest BCUT2D eigenvalue weighted by Gasteiger charge is 1.85. The Morgan fingerprint density at radius 2 is 2.00 bits per heavy atom. The van der Waals surface area contributed by atoms with Gasteiger partial charge in [-0.3, -0.25) is 4.79 Å². The van der Waals surface area contributed by atoms with Crippen LogP contribution in [0.15, 0.2) is 0 Å². The van der Waals surface area contributed by atoms with Crippen LogP contribution >= 0.6 is 0 Å². The summed E-state index contributed by atoms with van der Waals surface area (Å²) in [6, 6.07) is 0. The summed E-state index contributed by atoms with van der Waals surface area (Å²) in [5.74, 6) is 0.0680. The number of amides is 1. The van der Waals surface area contributed by atoms with Crippen LogP contribution in [0.3, 0.4) is 0 Å². The van der Waals surface area contributed by atoms with E-state index in [2.05, 4.69) is 12.2 Å². The van der Waals surface area contributed by atoms with Gasteiger partial charge in [-0.25, -0.2) is 0 Å². The molecule has 64 valence electrons. The molecule has 0 aliphatic carbocycles. The zero-order chi connectivity index (χ0) is 8.41. The molecule has 0 heterocycles. The lowest BCUT2D eigenvalue weighted by molar-refractivity contribution is -0.118. The fourth-order valence-electron chi connectivity index (χ4n) is 0.441. The third kappa shape index (κ3) is 15.6. The van der Waals surface area contributed by atoms with Crippen molar-refractivity contribution >= 4 is 5.91 Å². The van der Waals surface area contributed by atoms with Crippen LogP contribution in [0.2, 0.25) is 0 Å². The van der Waals surface area contributed by atoms with Crippen LogP contribution in [0.4, 0.5) is 0 Å². The van der Waals surface area contributed by atoms with Crippen molar-refractivity contribution in [2.24, 2.45) is 0 Å². The maximum Gasteiger partial charge on any atom is 0.216 e. The van der Waals surface area contributed by atoms with Crippen molar-refractivity contribution in [3.8, 4) is 0 Å². The average molecular weight is 147 g/mol. The molecule has 1 N–H and O–H groups in total. The van der Waals surface area contributed by atoms with Gasteiger partial charge in [0.25, 0.3) is 0 Å². The molecule has 1 amide bonds. The van der Waals surface area contributed by atoms with Crippen LogP contribution in [-0.4, -0.2) is 12.5 Å². The Hall–Kier alpha value is -0.530. The lowest BCUT2D eigenvalue weighted by atomic mass is 10.3. The molecule has 0 aromatic heterocycles. The SMILES string of the molecule is CC.CCCCNC(C)=O.[HH]. The molecule has 0 atom stereocenters. The van der Waals surface area contributed by atoms with Crippen LogP contribution in [0, 0.1) is 0 Å². The van der Waals surface area contributed by atoms with Gasteiger partial charge in [0.2, 0.25) is 5.91 Å². The Morgan fingerprint density at radius 3 is 2.30 bits per heavy atom. The van der Waals surface area contributed by atoms with Gasteiger partial charge in [0.05, 0.1) is 0 Å². The standard InChI is InChI=1S/C6H13NO.C2H6.H2/c1-3-4-5-7-6(2)8;1-2;/h3-5H2,1-2H3,(H,7,8);1-2H3;1H. The van der Waals surface area contributed by atoms with E-state index >= 15 is 0 Å². The second-order valence-electron chi connectivity index (χ2n) is 1.84. The molecule has 0 rings (SSSR count). The summed E-state index contributed by atoms with van der Waals surface area (Å²) in [5.41, 5.74) is 0. The Labute approximate surface area is 65.5 Å². The van der Waals surface area contributed by atoms with Gasteiger partial charge in [0.15, 0.2) is 0 Å². The van der Waals surface area contributed by atoms with E-state index in [0.717, 1.165) is 19.4 Å². The van der Waals surface area contributed by atoms with Crippen LogP contribution in [-0.2, 0) is 4.79 Å². The zero-order valence-corrected chi connectivity index (χ0v) is 7.53. The van der Waals surface area contributed by atoms with Crippen molar-refractivity contribution in [3.05, 3.63) is 0 Å². The second-order valence-corrected chi connectivity index (χ2v) is 1.84. The maximum atomic E-state index is 10.2.